The van der Waals surface area contributed by atoms with Crippen molar-refractivity contribution in [3.63, 3.8) is 0 Å². The normalized spacial score (nSPS) is 17.2. The molecule has 198 valence electrons. The number of carboxylic acids is 1. The second-order valence-corrected chi connectivity index (χ2v) is 9.32. The molecule has 1 unspecified atom stereocenters. The van der Waals surface area contributed by atoms with Gasteiger partial charge in [0.15, 0.2) is 0 Å². The van der Waals surface area contributed by atoms with Gasteiger partial charge in [-0.2, -0.15) is 0 Å². The number of hydrogen-bond acceptors (Lipinski definition) is 6. The predicted molar refractivity (Wildman–Crippen MR) is 139 cm³/mol. The second kappa shape index (κ2) is 10.3. The lowest BCUT2D eigenvalue weighted by molar-refractivity contribution is -0.137. The molecule has 0 spiro atoms. The summed E-state index contributed by atoms with van der Waals surface area (Å²) in [5.74, 6) is -1.75. The van der Waals surface area contributed by atoms with E-state index in [0.717, 1.165) is 17.7 Å². The van der Waals surface area contributed by atoms with Crippen molar-refractivity contribution in [2.75, 3.05) is 43.1 Å². The molecule has 3 aromatic carbocycles. The van der Waals surface area contributed by atoms with Crippen LogP contribution in [0.2, 0.25) is 0 Å². The number of para-hydroxylation sites is 1. The number of benzene rings is 3. The summed E-state index contributed by atoms with van der Waals surface area (Å²) in [6.45, 7) is 3.35. The Kier molecular flexibility index (Phi) is 6.88. The molecule has 0 aromatic heterocycles. The van der Waals surface area contributed by atoms with Gasteiger partial charge in [0, 0.05) is 37.8 Å². The SMILES string of the molecule is COc1ccc(C)cc1N1C(N2CCN(c3cc(F)ccc3F)CC2)=Nc2c(F)cccc2C1CC(=O)O. The number of fused-ring (bicyclic) bond motifs is 1. The molecule has 1 fully saturated rings. The number of halogens is 3. The quantitative estimate of drug-likeness (QED) is 0.491. The number of rotatable bonds is 5. The fourth-order valence-corrected chi connectivity index (χ4v) is 5.08. The number of anilines is 2. The highest BCUT2D eigenvalue weighted by Gasteiger charge is 2.38. The van der Waals surface area contributed by atoms with Crippen molar-refractivity contribution < 1.29 is 27.8 Å². The van der Waals surface area contributed by atoms with Crippen LogP contribution in [-0.4, -0.2) is 55.2 Å². The van der Waals surface area contributed by atoms with Crippen molar-refractivity contribution in [2.24, 2.45) is 4.99 Å². The van der Waals surface area contributed by atoms with Gasteiger partial charge in [-0.25, -0.2) is 18.2 Å². The molecular formula is C28H27F3N4O3. The Morgan fingerprint density at radius 2 is 1.71 bits per heavy atom. The van der Waals surface area contributed by atoms with E-state index in [2.05, 4.69) is 0 Å². The van der Waals surface area contributed by atoms with Crippen LogP contribution in [-0.2, 0) is 4.79 Å². The molecule has 0 saturated carbocycles. The highest BCUT2D eigenvalue weighted by molar-refractivity contribution is 6.02. The van der Waals surface area contributed by atoms with Crippen LogP contribution in [0.4, 0.5) is 30.2 Å². The number of nitrogens with zero attached hydrogens (tertiary/aromatic N) is 4. The van der Waals surface area contributed by atoms with Gasteiger partial charge in [-0.15, -0.1) is 0 Å². The van der Waals surface area contributed by atoms with Crippen LogP contribution in [0.15, 0.2) is 59.6 Å². The number of methoxy groups -OCH3 is 1. The minimum atomic E-state index is -1.05. The first-order valence-corrected chi connectivity index (χ1v) is 12.2. The Hall–Kier alpha value is -4.21. The third-order valence-electron chi connectivity index (χ3n) is 6.89. The summed E-state index contributed by atoms with van der Waals surface area (Å²) in [6, 6.07) is 12.7. The maximum absolute atomic E-state index is 15.0. The number of carboxylic acid groups (broad SMARTS) is 1. The van der Waals surface area contributed by atoms with Crippen molar-refractivity contribution in [3.8, 4) is 5.75 Å². The Morgan fingerprint density at radius 3 is 2.42 bits per heavy atom. The standard InChI is InChI=1S/C28H27F3N4O3/c1-17-6-9-25(38-2)24(14-17)35-22(16-26(36)37)19-4-3-5-21(31)27(19)32-28(35)34-12-10-33(11-13-34)23-15-18(29)7-8-20(23)30/h3-9,14-15,22H,10-13,16H2,1-2H3,(H,36,37). The predicted octanol–water partition coefficient (Wildman–Crippen LogP) is 5.27. The summed E-state index contributed by atoms with van der Waals surface area (Å²) in [4.78, 5) is 22.2. The van der Waals surface area contributed by atoms with Crippen LogP contribution in [0, 0.1) is 24.4 Å². The minimum Gasteiger partial charge on any atom is -0.495 e. The van der Waals surface area contributed by atoms with Crippen LogP contribution < -0.4 is 14.5 Å². The molecule has 5 rings (SSSR count). The van der Waals surface area contributed by atoms with Crippen LogP contribution >= 0.6 is 0 Å². The fourth-order valence-electron chi connectivity index (χ4n) is 5.08. The summed E-state index contributed by atoms with van der Waals surface area (Å²) in [5, 5.41) is 9.83. The number of carbonyl (C=O) groups is 1. The van der Waals surface area contributed by atoms with Gasteiger partial charge in [0.05, 0.1) is 30.9 Å². The van der Waals surface area contributed by atoms with Crippen molar-refractivity contribution in [1.82, 2.24) is 4.90 Å². The number of guanidine groups is 1. The zero-order chi connectivity index (χ0) is 27.0. The van der Waals surface area contributed by atoms with E-state index in [1.165, 1.54) is 19.2 Å². The summed E-state index contributed by atoms with van der Waals surface area (Å²) in [6.07, 6.45) is -0.305. The van der Waals surface area contributed by atoms with Gasteiger partial charge in [0.1, 0.15) is 28.9 Å². The van der Waals surface area contributed by atoms with Gasteiger partial charge in [0.25, 0.3) is 0 Å². The number of aliphatic imine (C=N–C) groups is 1. The summed E-state index contributed by atoms with van der Waals surface area (Å²) < 4.78 is 48.9. The molecular weight excluding hydrogens is 497 g/mol. The van der Waals surface area contributed by atoms with Gasteiger partial charge < -0.3 is 24.5 Å². The van der Waals surface area contributed by atoms with Crippen LogP contribution in [0.3, 0.4) is 0 Å². The molecule has 1 N–H and O–H groups in total. The molecule has 1 saturated heterocycles. The molecule has 3 aromatic rings. The van der Waals surface area contributed by atoms with Crippen molar-refractivity contribution >= 4 is 29.0 Å². The third kappa shape index (κ3) is 4.73. The number of aryl methyl sites for hydroxylation is 1. The first-order chi connectivity index (χ1) is 18.3. The average Bonchev–Trinajstić information content (AvgIpc) is 2.90. The lowest BCUT2D eigenvalue weighted by Gasteiger charge is -2.45. The zero-order valence-electron chi connectivity index (χ0n) is 21.0. The van der Waals surface area contributed by atoms with Crippen LogP contribution in [0.1, 0.15) is 23.6 Å². The van der Waals surface area contributed by atoms with Gasteiger partial charge in [-0.1, -0.05) is 18.2 Å². The lowest BCUT2D eigenvalue weighted by Crippen LogP contribution is -2.55. The molecule has 2 aliphatic rings. The minimum absolute atomic E-state index is 0.0928. The van der Waals surface area contributed by atoms with Gasteiger partial charge in [0.2, 0.25) is 5.96 Å². The Labute approximate surface area is 218 Å². The molecule has 0 radical (unpaired) electrons. The largest absolute Gasteiger partial charge is 0.495 e. The molecule has 38 heavy (non-hydrogen) atoms. The molecule has 0 aliphatic carbocycles. The first kappa shape index (κ1) is 25.4. The van der Waals surface area contributed by atoms with Crippen molar-refractivity contribution in [3.05, 3.63) is 83.2 Å². The molecule has 7 nitrogen and oxygen atoms in total. The highest BCUT2D eigenvalue weighted by atomic mass is 19.1. The molecule has 2 heterocycles. The van der Waals surface area contributed by atoms with E-state index in [-0.39, 0.29) is 17.8 Å². The third-order valence-corrected chi connectivity index (χ3v) is 6.89. The van der Waals surface area contributed by atoms with Crippen molar-refractivity contribution in [1.29, 1.82) is 0 Å². The van der Waals surface area contributed by atoms with Gasteiger partial charge >= 0.3 is 5.97 Å². The van der Waals surface area contributed by atoms with E-state index in [1.54, 1.807) is 28.0 Å². The smallest absolute Gasteiger partial charge is 0.305 e. The van der Waals surface area contributed by atoms with E-state index in [9.17, 15) is 18.7 Å². The second-order valence-electron chi connectivity index (χ2n) is 9.32. The molecule has 0 amide bonds. The van der Waals surface area contributed by atoms with E-state index in [4.69, 9.17) is 9.73 Å². The van der Waals surface area contributed by atoms with Gasteiger partial charge in [-0.3, -0.25) is 4.79 Å². The Bertz CT molecular complexity index is 1410. The summed E-state index contributed by atoms with van der Waals surface area (Å²) in [5.41, 5.74) is 2.25. The number of piperazine rings is 1. The maximum atomic E-state index is 15.0. The number of aliphatic carboxylic acids is 1. The Balaban J connectivity index is 1.58. The van der Waals surface area contributed by atoms with Crippen LogP contribution in [0.5, 0.6) is 5.75 Å². The molecule has 0 bridgehead atoms. The van der Waals surface area contributed by atoms with E-state index in [0.29, 0.717) is 49.1 Å². The monoisotopic (exact) mass is 524 g/mol. The first-order valence-electron chi connectivity index (χ1n) is 12.2. The zero-order valence-corrected chi connectivity index (χ0v) is 21.0. The fraction of sp³-hybridized carbons (Fsp3) is 0.286. The molecule has 2 aliphatic heterocycles. The van der Waals surface area contributed by atoms with E-state index >= 15 is 4.39 Å². The topological polar surface area (TPSA) is 68.6 Å². The average molecular weight is 525 g/mol. The molecule has 10 heteroatoms. The van der Waals surface area contributed by atoms with Crippen molar-refractivity contribution in [2.45, 2.75) is 19.4 Å². The van der Waals surface area contributed by atoms with E-state index in [1.807, 2.05) is 24.0 Å². The van der Waals surface area contributed by atoms with E-state index < -0.39 is 29.5 Å². The summed E-state index contributed by atoms with van der Waals surface area (Å²) in [7, 11) is 1.53. The van der Waals surface area contributed by atoms with Crippen LogP contribution in [0.25, 0.3) is 0 Å². The number of ether oxygens (including phenoxy) is 1. The summed E-state index contributed by atoms with van der Waals surface area (Å²) >= 11 is 0. The molecule has 1 atom stereocenters. The highest BCUT2D eigenvalue weighted by Crippen LogP contribution is 2.44. The Morgan fingerprint density at radius 1 is 0.974 bits per heavy atom. The maximum Gasteiger partial charge on any atom is 0.305 e. The van der Waals surface area contributed by atoms with Gasteiger partial charge in [-0.05, 0) is 42.8 Å². The number of hydrogen-bond donors (Lipinski definition) is 1. The lowest BCUT2D eigenvalue weighted by atomic mass is 9.96.